The van der Waals surface area contributed by atoms with Crippen LogP contribution in [-0.2, 0) is 4.74 Å². The molecule has 0 aliphatic carbocycles. The second kappa shape index (κ2) is 10.2. The molecule has 0 unspecified atom stereocenters. The van der Waals surface area contributed by atoms with Gasteiger partial charge in [0.2, 0.25) is 0 Å². The van der Waals surface area contributed by atoms with Crippen LogP contribution in [0.3, 0.4) is 0 Å². The second-order valence-electron chi connectivity index (χ2n) is 6.61. The van der Waals surface area contributed by atoms with Gasteiger partial charge in [-0.05, 0) is 48.7 Å². The van der Waals surface area contributed by atoms with E-state index in [-0.39, 0.29) is 6.61 Å². The molecule has 0 aliphatic heterocycles. The Morgan fingerprint density at radius 2 is 1.84 bits per heavy atom. The lowest BCUT2D eigenvalue weighted by Gasteiger charge is -2.15. The van der Waals surface area contributed by atoms with E-state index in [2.05, 4.69) is 15.8 Å². The van der Waals surface area contributed by atoms with Crippen LogP contribution in [0.4, 0.5) is 5.69 Å². The number of carbonyl (C=O) groups excluding carboxylic acids is 2. The maximum Gasteiger partial charge on any atom is 0.270 e. The van der Waals surface area contributed by atoms with Gasteiger partial charge in [0.1, 0.15) is 0 Å². The van der Waals surface area contributed by atoms with E-state index < -0.39 is 11.8 Å². The maximum absolute atomic E-state index is 12.5. The number of nitrogens with zero attached hydrogens (tertiary/aromatic N) is 2. The quantitative estimate of drug-likeness (QED) is 0.338. The van der Waals surface area contributed by atoms with E-state index in [1.54, 1.807) is 61.1 Å². The number of carbonyl (C=O) groups is 2. The van der Waals surface area contributed by atoms with Crippen LogP contribution in [0.1, 0.15) is 27.6 Å². The number of hydrogen-bond donors (Lipinski definition) is 4. The first-order chi connectivity index (χ1) is 15.0. The average Bonchev–Trinajstić information content (AvgIpc) is 2.80. The summed E-state index contributed by atoms with van der Waals surface area (Å²) < 4.78 is 5.22. The van der Waals surface area contributed by atoms with Crippen molar-refractivity contribution in [3.8, 4) is 0 Å². The third-order valence-corrected chi connectivity index (χ3v) is 4.42. The molecule has 3 aromatic rings. The number of nitrogens with one attached hydrogen (secondary N) is 2. The summed E-state index contributed by atoms with van der Waals surface area (Å²) in [6, 6.07) is 13.6. The Kier molecular flexibility index (Phi) is 7.15. The van der Waals surface area contributed by atoms with Gasteiger partial charge in [-0.15, -0.1) is 0 Å². The van der Waals surface area contributed by atoms with E-state index in [9.17, 15) is 9.59 Å². The van der Waals surface area contributed by atoms with Crippen LogP contribution in [0, 0.1) is 0 Å². The SMILES string of the molecule is CCOC/C(N)=C/N(N)c1ccc(C(=O)NNC(=O)c2cccc3cnccc23)cc1. The van der Waals surface area contributed by atoms with Crippen molar-refractivity contribution in [1.29, 1.82) is 0 Å². The molecule has 2 amide bonds. The molecule has 0 saturated carbocycles. The number of ether oxygens (including phenoxy) is 1. The first kappa shape index (κ1) is 21.8. The summed E-state index contributed by atoms with van der Waals surface area (Å²) in [5, 5.41) is 2.92. The van der Waals surface area contributed by atoms with Crippen molar-refractivity contribution in [1.82, 2.24) is 15.8 Å². The smallest absolute Gasteiger partial charge is 0.270 e. The summed E-state index contributed by atoms with van der Waals surface area (Å²) in [7, 11) is 0. The van der Waals surface area contributed by atoms with E-state index in [1.165, 1.54) is 5.01 Å². The molecule has 6 N–H and O–H groups in total. The number of nitrogens with two attached hydrogens (primary N) is 2. The van der Waals surface area contributed by atoms with Crippen LogP contribution >= 0.6 is 0 Å². The Morgan fingerprint density at radius 3 is 2.58 bits per heavy atom. The highest BCUT2D eigenvalue weighted by molar-refractivity contribution is 6.07. The summed E-state index contributed by atoms with van der Waals surface area (Å²) in [6.07, 6.45) is 4.83. The van der Waals surface area contributed by atoms with Crippen LogP contribution in [0.25, 0.3) is 10.8 Å². The van der Waals surface area contributed by atoms with E-state index in [0.29, 0.717) is 29.1 Å². The van der Waals surface area contributed by atoms with Gasteiger partial charge in [-0.2, -0.15) is 0 Å². The van der Waals surface area contributed by atoms with Crippen molar-refractivity contribution >= 4 is 28.3 Å². The molecule has 0 fully saturated rings. The third-order valence-electron chi connectivity index (χ3n) is 4.42. The van der Waals surface area contributed by atoms with Crippen LogP contribution in [0.5, 0.6) is 0 Å². The Hall–Kier alpha value is -3.95. The Morgan fingerprint density at radius 1 is 1.10 bits per heavy atom. The lowest BCUT2D eigenvalue weighted by atomic mass is 10.1. The molecule has 1 heterocycles. The molecular weight excluding hydrogens is 396 g/mol. The third kappa shape index (κ3) is 5.56. The van der Waals surface area contributed by atoms with E-state index >= 15 is 0 Å². The van der Waals surface area contributed by atoms with Gasteiger partial charge in [0.25, 0.3) is 11.8 Å². The van der Waals surface area contributed by atoms with Gasteiger partial charge in [0, 0.05) is 41.7 Å². The summed E-state index contributed by atoms with van der Waals surface area (Å²) in [6.45, 7) is 2.70. The first-order valence-electron chi connectivity index (χ1n) is 9.61. The molecule has 1 aromatic heterocycles. The topological polar surface area (TPSA) is 136 Å². The Labute approximate surface area is 179 Å². The number of aromatic nitrogens is 1. The standard InChI is InChI=1S/C22H24N6O3/c1-2-31-14-17(23)13-28(24)18-8-6-15(7-9-18)21(29)26-27-22(30)20-5-3-4-16-12-25-11-10-19(16)20/h3-13H,2,14,23-24H2,1H3,(H,26,29)(H,27,30)/b17-13-. The summed E-state index contributed by atoms with van der Waals surface area (Å²) >= 11 is 0. The van der Waals surface area contributed by atoms with Gasteiger partial charge in [0.15, 0.2) is 0 Å². The average molecular weight is 420 g/mol. The molecule has 9 heteroatoms. The zero-order valence-electron chi connectivity index (χ0n) is 17.0. The Bertz CT molecular complexity index is 1090. The lowest BCUT2D eigenvalue weighted by Crippen LogP contribution is -2.41. The summed E-state index contributed by atoms with van der Waals surface area (Å²) in [5.74, 6) is 5.07. The first-order valence-corrected chi connectivity index (χ1v) is 9.61. The fourth-order valence-corrected chi connectivity index (χ4v) is 2.87. The number of rotatable bonds is 7. The van der Waals surface area contributed by atoms with Crippen LogP contribution in [0.15, 0.2) is 72.8 Å². The van der Waals surface area contributed by atoms with Gasteiger partial charge in [-0.3, -0.25) is 30.4 Å². The predicted octanol–water partition coefficient (Wildman–Crippen LogP) is 1.83. The highest BCUT2D eigenvalue weighted by atomic mass is 16.5. The molecule has 0 bridgehead atoms. The number of benzene rings is 2. The van der Waals surface area contributed by atoms with Gasteiger partial charge in [-0.25, -0.2) is 5.84 Å². The van der Waals surface area contributed by atoms with Crippen molar-refractivity contribution in [3.05, 3.63) is 83.9 Å². The maximum atomic E-state index is 12.5. The molecule has 0 spiro atoms. The summed E-state index contributed by atoms with van der Waals surface area (Å²) in [5.41, 5.74) is 12.6. The van der Waals surface area contributed by atoms with Gasteiger partial charge in [0.05, 0.1) is 18.0 Å². The number of fused-ring (bicyclic) bond motifs is 1. The molecule has 0 radical (unpaired) electrons. The zero-order chi connectivity index (χ0) is 22.2. The minimum Gasteiger partial charge on any atom is -0.399 e. The van der Waals surface area contributed by atoms with Crippen molar-refractivity contribution in [2.24, 2.45) is 11.6 Å². The molecule has 0 saturated heterocycles. The van der Waals surface area contributed by atoms with Crippen molar-refractivity contribution < 1.29 is 14.3 Å². The number of hydrogen-bond acceptors (Lipinski definition) is 7. The molecule has 3 rings (SSSR count). The Balaban J connectivity index is 1.61. The molecule has 160 valence electrons. The molecule has 2 aromatic carbocycles. The van der Waals surface area contributed by atoms with Crippen molar-refractivity contribution in [2.75, 3.05) is 18.2 Å². The number of pyridine rings is 1. The van der Waals surface area contributed by atoms with E-state index in [0.717, 1.165) is 10.8 Å². The van der Waals surface area contributed by atoms with Gasteiger partial charge in [-0.1, -0.05) is 12.1 Å². The fourth-order valence-electron chi connectivity index (χ4n) is 2.87. The highest BCUT2D eigenvalue weighted by Crippen LogP contribution is 2.17. The van der Waals surface area contributed by atoms with Gasteiger partial charge >= 0.3 is 0 Å². The molecular formula is C22H24N6O3. The fraction of sp³-hybridized carbons (Fsp3) is 0.136. The van der Waals surface area contributed by atoms with Crippen molar-refractivity contribution in [2.45, 2.75) is 6.92 Å². The minimum atomic E-state index is -0.461. The van der Waals surface area contributed by atoms with Crippen LogP contribution in [-0.4, -0.2) is 30.0 Å². The molecule has 9 nitrogen and oxygen atoms in total. The summed E-state index contributed by atoms with van der Waals surface area (Å²) in [4.78, 5) is 29.0. The van der Waals surface area contributed by atoms with Crippen LogP contribution < -0.4 is 27.4 Å². The molecule has 0 atom stereocenters. The molecule has 0 aliphatic rings. The normalized spacial score (nSPS) is 11.2. The largest absolute Gasteiger partial charge is 0.399 e. The van der Waals surface area contributed by atoms with Gasteiger partial charge < -0.3 is 10.5 Å². The van der Waals surface area contributed by atoms with E-state index in [4.69, 9.17) is 16.3 Å². The van der Waals surface area contributed by atoms with Crippen LogP contribution in [0.2, 0.25) is 0 Å². The predicted molar refractivity (Wildman–Crippen MR) is 119 cm³/mol. The zero-order valence-corrected chi connectivity index (χ0v) is 17.0. The molecule has 31 heavy (non-hydrogen) atoms. The minimum absolute atomic E-state index is 0.275. The number of anilines is 1. The van der Waals surface area contributed by atoms with E-state index in [1.807, 2.05) is 13.0 Å². The lowest BCUT2D eigenvalue weighted by molar-refractivity contribution is 0.0847. The second-order valence-corrected chi connectivity index (χ2v) is 6.61. The van der Waals surface area contributed by atoms with Crippen molar-refractivity contribution in [3.63, 3.8) is 0 Å². The monoisotopic (exact) mass is 420 g/mol. The number of hydrazine groups is 2. The number of amides is 2. The highest BCUT2D eigenvalue weighted by Gasteiger charge is 2.12.